The third kappa shape index (κ3) is 6.78. The largest absolute Gasteiger partial charge is 0.369 e. The van der Waals surface area contributed by atoms with E-state index >= 15 is 0 Å². The van der Waals surface area contributed by atoms with Gasteiger partial charge in [0.25, 0.3) is 0 Å². The van der Waals surface area contributed by atoms with Crippen LogP contribution >= 0.6 is 35.6 Å². The second-order valence-corrected chi connectivity index (χ2v) is 7.08. The predicted molar refractivity (Wildman–Crippen MR) is 124 cm³/mol. The van der Waals surface area contributed by atoms with E-state index in [0.29, 0.717) is 12.6 Å². The average Bonchev–Trinajstić information content (AvgIpc) is 2.61. The zero-order chi connectivity index (χ0) is 18.2. The number of hydrogen-bond acceptors (Lipinski definition) is 3. The number of nitrogens with one attached hydrogen (secondary N) is 2. The van der Waals surface area contributed by atoms with Crippen molar-refractivity contribution in [1.82, 2.24) is 15.5 Å². The van der Waals surface area contributed by atoms with Crippen LogP contribution in [0.25, 0.3) is 0 Å². The van der Waals surface area contributed by atoms with Gasteiger partial charge in [0.05, 0.1) is 6.54 Å². The summed E-state index contributed by atoms with van der Waals surface area (Å²) in [5, 5.41) is 7.55. The minimum Gasteiger partial charge on any atom is -0.369 e. The Morgan fingerprint density at radius 1 is 1.23 bits per heavy atom. The van der Waals surface area contributed by atoms with Crippen molar-refractivity contribution in [1.29, 1.82) is 0 Å². The Kier molecular flexibility index (Phi) is 10.6. The summed E-state index contributed by atoms with van der Waals surface area (Å²) in [6, 6.07) is 6.55. The second-order valence-electron chi connectivity index (χ2n) is 6.68. The monoisotopic (exact) mass is 493 g/mol. The van der Waals surface area contributed by atoms with E-state index in [1.165, 1.54) is 5.69 Å². The number of aliphatic imine (C=N–C) groups is 1. The molecule has 0 radical (unpaired) electrons. The molecule has 2 N–H and O–H groups in total. The zero-order valence-corrected chi connectivity index (χ0v) is 19.5. The van der Waals surface area contributed by atoms with E-state index in [4.69, 9.17) is 16.6 Å². The zero-order valence-electron chi connectivity index (χ0n) is 16.4. The lowest BCUT2D eigenvalue weighted by Gasteiger charge is -2.35. The van der Waals surface area contributed by atoms with Crippen molar-refractivity contribution in [3.05, 3.63) is 28.8 Å². The normalized spacial score (nSPS) is 16.8. The number of guanidine groups is 1. The number of hydrogen-bond donors (Lipinski definition) is 2. The summed E-state index contributed by atoms with van der Waals surface area (Å²) in [5.41, 5.74) is 2.32. The van der Waals surface area contributed by atoms with Crippen LogP contribution in [0.5, 0.6) is 0 Å². The van der Waals surface area contributed by atoms with E-state index in [0.717, 1.165) is 55.7 Å². The third-order valence-corrected chi connectivity index (χ3v) is 5.03. The Labute approximate surface area is 180 Å². The van der Waals surface area contributed by atoms with Crippen LogP contribution in [0.1, 0.15) is 32.8 Å². The van der Waals surface area contributed by atoms with Gasteiger partial charge in [-0.25, -0.2) is 4.99 Å². The Bertz CT molecular complexity index is 573. The Morgan fingerprint density at radius 2 is 1.92 bits per heavy atom. The molecule has 5 nitrogen and oxygen atoms in total. The quantitative estimate of drug-likeness (QED) is 0.361. The molecule has 1 aromatic rings. The number of nitrogens with zero attached hydrogens (tertiary/aromatic N) is 3. The van der Waals surface area contributed by atoms with Gasteiger partial charge in [0.1, 0.15) is 0 Å². The van der Waals surface area contributed by atoms with E-state index in [1.807, 2.05) is 12.1 Å². The van der Waals surface area contributed by atoms with Crippen LogP contribution in [0.2, 0.25) is 5.02 Å². The molecule has 1 heterocycles. The molecule has 0 aliphatic carbocycles. The van der Waals surface area contributed by atoms with Crippen LogP contribution in [0, 0.1) is 0 Å². The molecular weight excluding hydrogens is 461 g/mol. The highest BCUT2D eigenvalue weighted by atomic mass is 127. The molecular formula is C19H33ClIN5. The molecule has 26 heavy (non-hydrogen) atoms. The molecule has 1 aliphatic rings. The minimum absolute atomic E-state index is 0. The molecule has 1 saturated heterocycles. The van der Waals surface area contributed by atoms with Crippen molar-refractivity contribution < 1.29 is 0 Å². The van der Waals surface area contributed by atoms with Gasteiger partial charge in [-0.1, -0.05) is 24.6 Å². The fourth-order valence-corrected chi connectivity index (χ4v) is 3.09. The first-order chi connectivity index (χ1) is 12.0. The highest BCUT2D eigenvalue weighted by Crippen LogP contribution is 2.29. The van der Waals surface area contributed by atoms with Crippen molar-refractivity contribution in [3.8, 4) is 0 Å². The maximum atomic E-state index is 6.52. The van der Waals surface area contributed by atoms with Crippen molar-refractivity contribution >= 4 is 47.2 Å². The number of likely N-dealkylation sites (N-methyl/N-ethyl adjacent to an activating group) is 1. The summed E-state index contributed by atoms with van der Waals surface area (Å²) < 4.78 is 0. The number of halogens is 2. The Balaban J connectivity index is 0.00000338. The maximum Gasteiger partial charge on any atom is 0.191 e. The fourth-order valence-electron chi connectivity index (χ4n) is 2.86. The summed E-state index contributed by atoms with van der Waals surface area (Å²) in [4.78, 5) is 9.56. The molecule has 0 aromatic heterocycles. The van der Waals surface area contributed by atoms with E-state index in [1.54, 1.807) is 0 Å². The third-order valence-electron chi connectivity index (χ3n) is 4.67. The minimum atomic E-state index is 0. The highest BCUT2D eigenvalue weighted by molar-refractivity contribution is 14.0. The summed E-state index contributed by atoms with van der Waals surface area (Å²) in [7, 11) is 2.17. The summed E-state index contributed by atoms with van der Waals surface area (Å²) in [5.74, 6) is 0.848. The van der Waals surface area contributed by atoms with Gasteiger partial charge in [0.2, 0.25) is 0 Å². The van der Waals surface area contributed by atoms with Gasteiger partial charge in [-0.05, 0) is 39.4 Å². The van der Waals surface area contributed by atoms with Crippen LogP contribution in [0.4, 0.5) is 5.69 Å². The van der Waals surface area contributed by atoms with Crippen LogP contribution < -0.4 is 15.5 Å². The smallest absolute Gasteiger partial charge is 0.191 e. The van der Waals surface area contributed by atoms with E-state index in [2.05, 4.69) is 54.3 Å². The number of anilines is 1. The van der Waals surface area contributed by atoms with Crippen LogP contribution in [0.3, 0.4) is 0 Å². The lowest BCUT2D eigenvalue weighted by molar-refractivity contribution is 0.312. The van der Waals surface area contributed by atoms with E-state index in [9.17, 15) is 0 Å². The summed E-state index contributed by atoms with van der Waals surface area (Å²) >= 11 is 6.52. The van der Waals surface area contributed by atoms with Crippen LogP contribution in [-0.2, 0) is 6.54 Å². The number of rotatable bonds is 6. The van der Waals surface area contributed by atoms with Crippen LogP contribution in [-0.4, -0.2) is 56.7 Å². The lowest BCUT2D eigenvalue weighted by atomic mass is 10.1. The molecule has 148 valence electrons. The van der Waals surface area contributed by atoms with Gasteiger partial charge in [0.15, 0.2) is 5.96 Å². The molecule has 2 rings (SSSR count). The standard InChI is InChI=1S/C19H32ClN5.HI/c1-5-15(3)23-19(21-6-2)22-14-16-17(20)8-7-9-18(16)25-12-10-24(4)11-13-25;/h7-9,15H,5-6,10-14H2,1-4H3,(H2,21,22,23);1H. The molecule has 1 aromatic carbocycles. The van der Waals surface area contributed by atoms with E-state index < -0.39 is 0 Å². The summed E-state index contributed by atoms with van der Waals surface area (Å²) in [6.45, 7) is 12.0. The molecule has 1 fully saturated rings. The van der Waals surface area contributed by atoms with Gasteiger partial charge in [0, 0.05) is 55.0 Å². The van der Waals surface area contributed by atoms with Gasteiger partial charge in [-0.3, -0.25) is 0 Å². The first-order valence-electron chi connectivity index (χ1n) is 9.30. The highest BCUT2D eigenvalue weighted by Gasteiger charge is 2.18. The molecule has 0 spiro atoms. The molecule has 1 atom stereocenters. The van der Waals surface area contributed by atoms with Crippen molar-refractivity contribution in [2.75, 3.05) is 44.7 Å². The van der Waals surface area contributed by atoms with Gasteiger partial charge in [-0.15, -0.1) is 24.0 Å². The van der Waals surface area contributed by atoms with Crippen molar-refractivity contribution in [3.63, 3.8) is 0 Å². The molecule has 1 aliphatic heterocycles. The van der Waals surface area contributed by atoms with Crippen LogP contribution in [0.15, 0.2) is 23.2 Å². The number of benzene rings is 1. The van der Waals surface area contributed by atoms with E-state index in [-0.39, 0.29) is 24.0 Å². The summed E-state index contributed by atoms with van der Waals surface area (Å²) in [6.07, 6.45) is 1.06. The van der Waals surface area contributed by atoms with Gasteiger partial charge < -0.3 is 20.4 Å². The molecule has 0 saturated carbocycles. The molecule has 0 bridgehead atoms. The Morgan fingerprint density at radius 3 is 2.54 bits per heavy atom. The van der Waals surface area contributed by atoms with Gasteiger partial charge in [-0.2, -0.15) is 0 Å². The first-order valence-corrected chi connectivity index (χ1v) is 9.68. The molecule has 7 heteroatoms. The maximum absolute atomic E-state index is 6.52. The molecule has 1 unspecified atom stereocenters. The second kappa shape index (κ2) is 11.9. The molecule has 0 amide bonds. The average molecular weight is 494 g/mol. The predicted octanol–water partition coefficient (Wildman–Crippen LogP) is 3.56. The lowest BCUT2D eigenvalue weighted by Crippen LogP contribution is -2.45. The van der Waals surface area contributed by atoms with Crippen molar-refractivity contribution in [2.24, 2.45) is 4.99 Å². The fraction of sp³-hybridized carbons (Fsp3) is 0.632. The first kappa shape index (κ1) is 23.3. The topological polar surface area (TPSA) is 42.9 Å². The Hall–Kier alpha value is -0.730. The van der Waals surface area contributed by atoms with Gasteiger partial charge >= 0.3 is 0 Å². The van der Waals surface area contributed by atoms with Crippen molar-refractivity contribution in [2.45, 2.75) is 39.8 Å². The SMILES string of the molecule is CCNC(=NCc1c(Cl)cccc1N1CCN(C)CC1)NC(C)CC.I. The number of piperazine rings is 1.